The van der Waals surface area contributed by atoms with E-state index < -0.39 is 10.0 Å². The quantitative estimate of drug-likeness (QED) is 0.260. The molecule has 6 nitrogen and oxygen atoms in total. The fraction of sp³-hybridized carbons (Fsp3) is 0.786. The summed E-state index contributed by atoms with van der Waals surface area (Å²) < 4.78 is 24.4. The summed E-state index contributed by atoms with van der Waals surface area (Å²) in [5.74, 6) is 0.816. The van der Waals surface area contributed by atoms with E-state index in [4.69, 9.17) is 0 Å². The predicted molar refractivity (Wildman–Crippen MR) is 90.1 cm³/mol. The van der Waals surface area contributed by atoms with E-state index in [-0.39, 0.29) is 0 Å². The van der Waals surface area contributed by atoms with Gasteiger partial charge in [0.15, 0.2) is 5.96 Å². The number of hydrogen-bond donors (Lipinski definition) is 2. The van der Waals surface area contributed by atoms with Gasteiger partial charge in [-0.1, -0.05) is 12.5 Å². The van der Waals surface area contributed by atoms with Gasteiger partial charge in [0.25, 0.3) is 0 Å². The third-order valence-corrected chi connectivity index (χ3v) is 3.56. The zero-order chi connectivity index (χ0) is 16.1. The lowest BCUT2D eigenvalue weighted by Gasteiger charge is -2.22. The second-order valence-corrected chi connectivity index (χ2v) is 6.79. The molecule has 0 aromatic rings. The molecule has 0 heterocycles. The summed E-state index contributed by atoms with van der Waals surface area (Å²) >= 11 is 0. The summed E-state index contributed by atoms with van der Waals surface area (Å²) in [7, 11) is -1.14. The van der Waals surface area contributed by atoms with E-state index in [1.54, 1.807) is 0 Å². The minimum absolute atomic E-state index is 0.320. The summed E-state index contributed by atoms with van der Waals surface area (Å²) in [6, 6.07) is 0. The van der Waals surface area contributed by atoms with Gasteiger partial charge in [0.05, 0.1) is 12.8 Å². The molecule has 0 amide bonds. The van der Waals surface area contributed by atoms with Crippen molar-refractivity contribution in [3.63, 3.8) is 0 Å². The molecular weight excluding hydrogens is 288 g/mol. The number of nitrogens with zero attached hydrogens (tertiary/aromatic N) is 2. The lowest BCUT2D eigenvalue weighted by atomic mass is 10.2. The molecular formula is C14H30N4O2S. The predicted octanol–water partition coefficient (Wildman–Crippen LogP) is 1.18. The van der Waals surface area contributed by atoms with Crippen molar-refractivity contribution >= 4 is 16.0 Å². The zero-order valence-corrected chi connectivity index (χ0v) is 14.4. The lowest BCUT2D eigenvalue weighted by molar-refractivity contribution is 0.455. The molecule has 0 saturated heterocycles. The molecule has 0 radical (unpaired) electrons. The average molecular weight is 318 g/mol. The second kappa shape index (κ2) is 11.6. The van der Waals surface area contributed by atoms with E-state index in [0.29, 0.717) is 13.1 Å². The molecule has 0 unspecified atom stereocenters. The standard InChI is InChI=1S/C14H30N4O2S/c1-5-7-8-9-10-13-18(3)14(15-6-2)16-11-12-17-21(4,19)20/h5,17H,1,6-13H2,2-4H3,(H,15,16). The third-order valence-electron chi connectivity index (χ3n) is 2.84. The minimum Gasteiger partial charge on any atom is -0.357 e. The molecule has 0 aromatic carbocycles. The largest absolute Gasteiger partial charge is 0.357 e. The number of hydrogen-bond acceptors (Lipinski definition) is 3. The Morgan fingerprint density at radius 2 is 2.05 bits per heavy atom. The van der Waals surface area contributed by atoms with Crippen molar-refractivity contribution in [1.82, 2.24) is 14.9 Å². The van der Waals surface area contributed by atoms with Gasteiger partial charge in [-0.05, 0) is 26.2 Å². The van der Waals surface area contributed by atoms with Gasteiger partial charge in [0.2, 0.25) is 10.0 Å². The number of aliphatic imine (C=N–C) groups is 1. The van der Waals surface area contributed by atoms with Crippen molar-refractivity contribution in [3.8, 4) is 0 Å². The highest BCUT2D eigenvalue weighted by Gasteiger charge is 2.05. The molecule has 0 aromatic heterocycles. The van der Waals surface area contributed by atoms with Crippen LogP contribution in [0.2, 0.25) is 0 Å². The topological polar surface area (TPSA) is 73.8 Å². The van der Waals surface area contributed by atoms with Crippen molar-refractivity contribution in [1.29, 1.82) is 0 Å². The molecule has 0 aliphatic rings. The molecule has 0 aliphatic heterocycles. The van der Waals surface area contributed by atoms with E-state index in [0.717, 1.165) is 38.1 Å². The second-order valence-electron chi connectivity index (χ2n) is 4.96. The van der Waals surface area contributed by atoms with E-state index in [1.165, 1.54) is 12.8 Å². The van der Waals surface area contributed by atoms with Crippen LogP contribution < -0.4 is 10.0 Å². The van der Waals surface area contributed by atoms with Crippen LogP contribution in [0.5, 0.6) is 0 Å². The molecule has 0 fully saturated rings. The van der Waals surface area contributed by atoms with Gasteiger partial charge in [-0.25, -0.2) is 13.1 Å². The maximum atomic E-state index is 11.0. The van der Waals surface area contributed by atoms with Gasteiger partial charge in [-0.3, -0.25) is 4.99 Å². The SMILES string of the molecule is C=CCCCCCN(C)C(=NCCNS(C)(=O)=O)NCC. The van der Waals surface area contributed by atoms with Gasteiger partial charge in [-0.2, -0.15) is 0 Å². The van der Waals surface area contributed by atoms with Crippen molar-refractivity contribution in [2.24, 2.45) is 4.99 Å². The number of unbranched alkanes of at least 4 members (excludes halogenated alkanes) is 3. The fourth-order valence-electron chi connectivity index (χ4n) is 1.78. The van der Waals surface area contributed by atoms with Crippen LogP contribution >= 0.6 is 0 Å². The monoisotopic (exact) mass is 318 g/mol. The maximum Gasteiger partial charge on any atom is 0.208 e. The number of guanidine groups is 1. The first kappa shape index (κ1) is 19.9. The van der Waals surface area contributed by atoms with Crippen LogP contribution in [0, 0.1) is 0 Å². The smallest absolute Gasteiger partial charge is 0.208 e. The first-order chi connectivity index (χ1) is 9.90. The Labute approximate surface area is 129 Å². The van der Waals surface area contributed by atoms with Crippen molar-refractivity contribution in [3.05, 3.63) is 12.7 Å². The Kier molecular flexibility index (Phi) is 11.0. The van der Waals surface area contributed by atoms with Crippen LogP contribution in [0.4, 0.5) is 0 Å². The maximum absolute atomic E-state index is 11.0. The highest BCUT2D eigenvalue weighted by atomic mass is 32.2. The van der Waals surface area contributed by atoms with Crippen molar-refractivity contribution < 1.29 is 8.42 Å². The van der Waals surface area contributed by atoms with Crippen LogP contribution in [-0.2, 0) is 10.0 Å². The summed E-state index contributed by atoms with van der Waals surface area (Å²) in [6.45, 7) is 8.20. The molecule has 2 N–H and O–H groups in total. The normalized spacial score (nSPS) is 12.2. The molecule has 0 atom stereocenters. The van der Waals surface area contributed by atoms with Gasteiger partial charge >= 0.3 is 0 Å². The fourth-order valence-corrected chi connectivity index (χ4v) is 2.24. The molecule has 0 rings (SSSR count). The average Bonchev–Trinajstić information content (AvgIpc) is 2.40. The van der Waals surface area contributed by atoms with E-state index in [2.05, 4.69) is 26.5 Å². The number of rotatable bonds is 11. The highest BCUT2D eigenvalue weighted by molar-refractivity contribution is 7.88. The van der Waals surface area contributed by atoms with Crippen LogP contribution in [0.1, 0.15) is 32.6 Å². The minimum atomic E-state index is -3.14. The molecule has 124 valence electrons. The summed E-state index contributed by atoms with van der Waals surface area (Å²) in [4.78, 5) is 6.50. The van der Waals surface area contributed by atoms with E-state index in [9.17, 15) is 8.42 Å². The summed E-state index contributed by atoms with van der Waals surface area (Å²) in [5, 5.41) is 3.21. The zero-order valence-electron chi connectivity index (χ0n) is 13.6. The van der Waals surface area contributed by atoms with Crippen molar-refractivity contribution in [2.45, 2.75) is 32.6 Å². The van der Waals surface area contributed by atoms with Crippen LogP contribution in [0.3, 0.4) is 0 Å². The number of allylic oxidation sites excluding steroid dienone is 1. The first-order valence-corrected chi connectivity index (χ1v) is 9.34. The first-order valence-electron chi connectivity index (χ1n) is 7.45. The summed E-state index contributed by atoms with van der Waals surface area (Å²) in [6.07, 6.45) is 7.61. The molecule has 0 aliphatic carbocycles. The van der Waals surface area contributed by atoms with Crippen molar-refractivity contribution in [2.75, 3.05) is 39.5 Å². The summed E-state index contributed by atoms with van der Waals surface area (Å²) in [5.41, 5.74) is 0. The van der Waals surface area contributed by atoms with Crippen LogP contribution in [0.25, 0.3) is 0 Å². The van der Waals surface area contributed by atoms with Gasteiger partial charge in [0.1, 0.15) is 0 Å². The Hall–Kier alpha value is -1.08. The molecule has 0 bridgehead atoms. The Bertz CT molecular complexity index is 407. The Balaban J connectivity index is 4.15. The number of nitrogens with one attached hydrogen (secondary N) is 2. The van der Waals surface area contributed by atoms with Gasteiger partial charge in [-0.15, -0.1) is 6.58 Å². The van der Waals surface area contributed by atoms with E-state index in [1.807, 2.05) is 20.0 Å². The van der Waals surface area contributed by atoms with Gasteiger partial charge in [0, 0.05) is 26.7 Å². The third kappa shape index (κ3) is 12.4. The Morgan fingerprint density at radius 3 is 2.62 bits per heavy atom. The Morgan fingerprint density at radius 1 is 1.33 bits per heavy atom. The molecule has 7 heteroatoms. The molecule has 0 spiro atoms. The highest BCUT2D eigenvalue weighted by Crippen LogP contribution is 2.01. The number of sulfonamides is 1. The molecule has 0 saturated carbocycles. The van der Waals surface area contributed by atoms with Crippen LogP contribution in [0.15, 0.2) is 17.6 Å². The van der Waals surface area contributed by atoms with E-state index >= 15 is 0 Å². The lowest BCUT2D eigenvalue weighted by Crippen LogP contribution is -2.40. The van der Waals surface area contributed by atoms with Gasteiger partial charge < -0.3 is 10.2 Å². The van der Waals surface area contributed by atoms with Crippen LogP contribution in [-0.4, -0.2) is 58.8 Å². The molecule has 21 heavy (non-hydrogen) atoms.